The van der Waals surface area contributed by atoms with Crippen LogP contribution in [0.25, 0.3) is 0 Å². The molecule has 1 aliphatic rings. The fourth-order valence-corrected chi connectivity index (χ4v) is 3.91. The van der Waals surface area contributed by atoms with Crippen LogP contribution in [-0.2, 0) is 17.6 Å². The lowest BCUT2D eigenvalue weighted by Gasteiger charge is -2.20. The molecule has 0 bridgehead atoms. The first kappa shape index (κ1) is 22.2. The van der Waals surface area contributed by atoms with Crippen LogP contribution in [0.5, 0.6) is 0 Å². The van der Waals surface area contributed by atoms with Gasteiger partial charge in [-0.05, 0) is 43.2 Å². The second-order valence-corrected chi connectivity index (χ2v) is 8.11. The van der Waals surface area contributed by atoms with Crippen LogP contribution < -0.4 is 15.5 Å². The van der Waals surface area contributed by atoms with Crippen LogP contribution in [0.2, 0.25) is 0 Å². The predicted molar refractivity (Wildman–Crippen MR) is 127 cm³/mol. The number of rotatable bonds is 8. The van der Waals surface area contributed by atoms with Gasteiger partial charge in [-0.2, -0.15) is 10.2 Å². The Bertz CT molecular complexity index is 1140. The van der Waals surface area contributed by atoms with Gasteiger partial charge in [-0.1, -0.05) is 25.5 Å². The second-order valence-electron chi connectivity index (χ2n) is 8.11. The van der Waals surface area contributed by atoms with Crippen molar-refractivity contribution in [2.45, 2.75) is 38.6 Å². The topological polar surface area (TPSA) is 107 Å². The number of benzene rings is 1. The van der Waals surface area contributed by atoms with Crippen LogP contribution in [0.3, 0.4) is 0 Å². The molecular weight excluding hydrogens is 414 g/mol. The predicted octanol–water partition coefficient (Wildman–Crippen LogP) is 3.38. The van der Waals surface area contributed by atoms with Crippen LogP contribution in [0, 0.1) is 11.3 Å². The van der Waals surface area contributed by atoms with Crippen molar-refractivity contribution in [2.75, 3.05) is 23.3 Å². The Balaban J connectivity index is 1.44. The molecule has 1 fully saturated rings. The monoisotopic (exact) mass is 441 g/mol. The van der Waals surface area contributed by atoms with Crippen LogP contribution in [0.15, 0.2) is 54.7 Å². The van der Waals surface area contributed by atoms with Gasteiger partial charge in [-0.15, -0.1) is 0 Å². The van der Waals surface area contributed by atoms with E-state index in [1.165, 1.54) is 0 Å². The SMILES string of the molecule is CCCc1cc(N2CCC(NC(=O)Cc3ccccn3)C2)nc(Nc2cccc(C#N)c2)n1. The van der Waals surface area contributed by atoms with Crippen molar-refractivity contribution in [3.63, 3.8) is 0 Å². The fourth-order valence-electron chi connectivity index (χ4n) is 3.91. The maximum absolute atomic E-state index is 12.4. The Morgan fingerprint density at radius 2 is 2.09 bits per heavy atom. The molecule has 1 unspecified atom stereocenters. The first-order valence-electron chi connectivity index (χ1n) is 11.2. The molecule has 8 nitrogen and oxygen atoms in total. The lowest BCUT2D eigenvalue weighted by molar-refractivity contribution is -0.121. The van der Waals surface area contributed by atoms with E-state index >= 15 is 0 Å². The number of anilines is 3. The highest BCUT2D eigenvalue weighted by molar-refractivity contribution is 5.78. The number of aryl methyl sites for hydroxylation is 1. The Morgan fingerprint density at radius 3 is 2.88 bits per heavy atom. The molecule has 1 aromatic carbocycles. The van der Waals surface area contributed by atoms with Crippen molar-refractivity contribution in [1.29, 1.82) is 5.26 Å². The van der Waals surface area contributed by atoms with Gasteiger partial charge in [0.2, 0.25) is 11.9 Å². The summed E-state index contributed by atoms with van der Waals surface area (Å²) in [7, 11) is 0. The third-order valence-corrected chi connectivity index (χ3v) is 5.46. The summed E-state index contributed by atoms with van der Waals surface area (Å²) in [6.07, 6.45) is 4.66. The van der Waals surface area contributed by atoms with E-state index in [4.69, 9.17) is 10.2 Å². The molecule has 3 heterocycles. The number of pyridine rings is 1. The molecular formula is C25H27N7O. The number of nitrogens with zero attached hydrogens (tertiary/aromatic N) is 5. The number of hydrogen-bond donors (Lipinski definition) is 2. The highest BCUT2D eigenvalue weighted by Crippen LogP contribution is 2.23. The van der Waals surface area contributed by atoms with Gasteiger partial charge in [0.1, 0.15) is 5.82 Å². The molecule has 2 aromatic heterocycles. The zero-order valence-electron chi connectivity index (χ0n) is 18.7. The van der Waals surface area contributed by atoms with Crippen LogP contribution in [0.4, 0.5) is 17.5 Å². The molecule has 168 valence electrons. The highest BCUT2D eigenvalue weighted by atomic mass is 16.1. The average Bonchev–Trinajstić information content (AvgIpc) is 3.28. The van der Waals surface area contributed by atoms with Crippen molar-refractivity contribution in [2.24, 2.45) is 0 Å². The zero-order valence-corrected chi connectivity index (χ0v) is 18.7. The van der Waals surface area contributed by atoms with Crippen LogP contribution in [-0.4, -0.2) is 40.0 Å². The van der Waals surface area contributed by atoms with Crippen molar-refractivity contribution in [3.8, 4) is 6.07 Å². The molecule has 4 rings (SSSR count). The summed E-state index contributed by atoms with van der Waals surface area (Å²) in [5, 5.41) is 15.5. The Morgan fingerprint density at radius 1 is 1.18 bits per heavy atom. The van der Waals surface area contributed by atoms with Crippen molar-refractivity contribution >= 4 is 23.4 Å². The average molecular weight is 442 g/mol. The molecule has 1 aliphatic heterocycles. The van der Waals surface area contributed by atoms with Crippen molar-refractivity contribution in [3.05, 3.63) is 71.7 Å². The minimum absolute atomic E-state index is 0.0189. The summed E-state index contributed by atoms with van der Waals surface area (Å²) in [5.41, 5.74) is 3.08. The third-order valence-electron chi connectivity index (χ3n) is 5.46. The fraction of sp³-hybridized carbons (Fsp3) is 0.320. The maximum atomic E-state index is 12.4. The molecule has 3 aromatic rings. The van der Waals surface area contributed by atoms with E-state index in [0.717, 1.165) is 48.7 Å². The molecule has 0 saturated carbocycles. The molecule has 0 spiro atoms. The first-order valence-corrected chi connectivity index (χ1v) is 11.2. The summed E-state index contributed by atoms with van der Waals surface area (Å²) >= 11 is 0. The maximum Gasteiger partial charge on any atom is 0.229 e. The second kappa shape index (κ2) is 10.6. The molecule has 1 saturated heterocycles. The Labute approximate surface area is 193 Å². The van der Waals surface area contributed by atoms with E-state index in [0.29, 0.717) is 18.1 Å². The van der Waals surface area contributed by atoms with E-state index < -0.39 is 0 Å². The number of nitrogens with one attached hydrogen (secondary N) is 2. The number of nitriles is 1. The molecule has 0 aliphatic carbocycles. The van der Waals surface area contributed by atoms with Gasteiger partial charge in [-0.3, -0.25) is 9.78 Å². The minimum atomic E-state index is -0.0189. The standard InChI is InChI=1S/C25H27N7O/c1-2-6-20-14-23(31-25(29-20)30-21-9-5-7-18(13-21)16-26)32-12-10-22(17-32)28-24(33)15-19-8-3-4-11-27-19/h3-5,7-9,11,13-14,22H,2,6,10,12,15,17H2,1H3,(H,28,33)(H,29,30,31). The summed E-state index contributed by atoms with van der Waals surface area (Å²) in [6.45, 7) is 3.62. The molecule has 2 N–H and O–H groups in total. The van der Waals surface area contributed by atoms with Crippen LogP contribution >= 0.6 is 0 Å². The van der Waals surface area contributed by atoms with E-state index in [1.54, 1.807) is 18.3 Å². The third kappa shape index (κ3) is 6.04. The number of carbonyl (C=O) groups is 1. The summed E-state index contributed by atoms with van der Waals surface area (Å²) < 4.78 is 0. The quantitative estimate of drug-likeness (QED) is 0.552. The normalized spacial score (nSPS) is 15.2. The Kier molecular flexibility index (Phi) is 7.10. The van der Waals surface area contributed by atoms with Gasteiger partial charge in [0, 0.05) is 48.5 Å². The minimum Gasteiger partial charge on any atom is -0.354 e. The molecule has 33 heavy (non-hydrogen) atoms. The van der Waals surface area contributed by atoms with Gasteiger partial charge < -0.3 is 15.5 Å². The van der Waals surface area contributed by atoms with Crippen molar-refractivity contribution < 1.29 is 4.79 Å². The van der Waals surface area contributed by atoms with E-state index in [2.05, 4.69) is 38.5 Å². The van der Waals surface area contributed by atoms with E-state index in [9.17, 15) is 4.79 Å². The molecule has 1 amide bonds. The smallest absolute Gasteiger partial charge is 0.229 e. The van der Waals surface area contributed by atoms with Crippen LogP contribution in [0.1, 0.15) is 36.7 Å². The van der Waals surface area contributed by atoms with E-state index in [-0.39, 0.29) is 18.4 Å². The van der Waals surface area contributed by atoms with Crippen molar-refractivity contribution in [1.82, 2.24) is 20.3 Å². The molecule has 0 radical (unpaired) electrons. The van der Waals surface area contributed by atoms with E-state index in [1.807, 2.05) is 36.4 Å². The first-order chi connectivity index (χ1) is 16.1. The summed E-state index contributed by atoms with van der Waals surface area (Å²) in [6, 6.07) is 17.1. The zero-order chi connectivity index (χ0) is 23.0. The number of hydrogen-bond acceptors (Lipinski definition) is 7. The summed E-state index contributed by atoms with van der Waals surface area (Å²) in [5.74, 6) is 1.33. The van der Waals surface area contributed by atoms with Gasteiger partial charge in [0.05, 0.1) is 18.1 Å². The number of carbonyl (C=O) groups excluding carboxylic acids is 1. The molecule has 1 atom stereocenters. The number of aromatic nitrogens is 3. The summed E-state index contributed by atoms with van der Waals surface area (Å²) in [4.78, 5) is 28.2. The van der Waals surface area contributed by atoms with Gasteiger partial charge in [0.15, 0.2) is 0 Å². The Hall–Kier alpha value is -3.99. The lowest BCUT2D eigenvalue weighted by Crippen LogP contribution is -2.38. The highest BCUT2D eigenvalue weighted by Gasteiger charge is 2.25. The van der Waals surface area contributed by atoms with Gasteiger partial charge >= 0.3 is 0 Å². The lowest BCUT2D eigenvalue weighted by atomic mass is 10.2. The van der Waals surface area contributed by atoms with Gasteiger partial charge in [-0.25, -0.2) is 4.98 Å². The molecule has 8 heteroatoms. The number of amides is 1. The van der Waals surface area contributed by atoms with Gasteiger partial charge in [0.25, 0.3) is 0 Å². The largest absolute Gasteiger partial charge is 0.354 e.